The van der Waals surface area contributed by atoms with Crippen LogP contribution in [0.25, 0.3) is 22.5 Å². The first kappa shape index (κ1) is 25.7. The van der Waals surface area contributed by atoms with Crippen molar-refractivity contribution < 1.29 is 18.8 Å². The van der Waals surface area contributed by atoms with Crippen molar-refractivity contribution in [1.29, 1.82) is 0 Å². The molecule has 1 aliphatic rings. The molecule has 5 heteroatoms. The van der Waals surface area contributed by atoms with Crippen LogP contribution in [-0.4, -0.2) is 23.5 Å². The first-order valence-corrected chi connectivity index (χ1v) is 13.3. The highest BCUT2D eigenvalue weighted by atomic mass is 16.5. The number of aryl methyl sites for hydroxylation is 1. The Morgan fingerprint density at radius 1 is 0.921 bits per heavy atom. The molecule has 0 amide bonds. The molecule has 1 atom stereocenters. The molecule has 38 heavy (non-hydrogen) atoms. The number of aromatic nitrogens is 1. The Morgan fingerprint density at radius 3 is 2.13 bits per heavy atom. The molecular weight excluding hydrogens is 474 g/mol. The summed E-state index contributed by atoms with van der Waals surface area (Å²) in [6, 6.07) is 26.4. The van der Waals surface area contributed by atoms with Crippen molar-refractivity contribution in [3.63, 3.8) is 0 Å². The summed E-state index contributed by atoms with van der Waals surface area (Å²) < 4.78 is 11.0. The topological polar surface area (TPSA) is 69.4 Å². The van der Waals surface area contributed by atoms with Crippen molar-refractivity contribution >= 4 is 11.8 Å². The van der Waals surface area contributed by atoms with Gasteiger partial charge in [-0.25, -0.2) is 0 Å². The SMILES string of the molecule is CCOC(=O)C1(c2ccc(-c3ccc(-c4onc(C)c4CC(=O)CC(C)c4ccccc4)cc3)cc2)CC1. The molecule has 0 spiro atoms. The average molecular weight is 508 g/mol. The number of carbonyl (C=O) groups is 2. The van der Waals surface area contributed by atoms with Crippen LogP contribution in [0.5, 0.6) is 0 Å². The van der Waals surface area contributed by atoms with Crippen molar-refractivity contribution in [3.8, 4) is 22.5 Å². The molecule has 194 valence electrons. The van der Waals surface area contributed by atoms with Gasteiger partial charge in [-0.15, -0.1) is 0 Å². The second-order valence-corrected chi connectivity index (χ2v) is 10.3. The van der Waals surface area contributed by atoms with E-state index in [-0.39, 0.29) is 17.7 Å². The lowest BCUT2D eigenvalue weighted by Crippen LogP contribution is -2.23. The number of benzene rings is 3. The lowest BCUT2D eigenvalue weighted by molar-refractivity contribution is -0.146. The molecule has 1 aromatic heterocycles. The summed E-state index contributed by atoms with van der Waals surface area (Å²) in [6.07, 6.45) is 2.45. The van der Waals surface area contributed by atoms with Gasteiger partial charge in [-0.1, -0.05) is 90.9 Å². The van der Waals surface area contributed by atoms with Crippen LogP contribution in [0.1, 0.15) is 61.4 Å². The maximum atomic E-state index is 13.0. The van der Waals surface area contributed by atoms with E-state index in [9.17, 15) is 9.59 Å². The average Bonchev–Trinajstić information content (AvgIpc) is 3.68. The number of rotatable bonds is 10. The number of hydrogen-bond acceptors (Lipinski definition) is 5. The molecule has 0 radical (unpaired) electrons. The van der Waals surface area contributed by atoms with Gasteiger partial charge in [0, 0.05) is 24.0 Å². The normalized spacial score (nSPS) is 14.6. The smallest absolute Gasteiger partial charge is 0.316 e. The Hall–Kier alpha value is -3.99. The Balaban J connectivity index is 1.29. The fourth-order valence-electron chi connectivity index (χ4n) is 5.13. The van der Waals surface area contributed by atoms with Crippen LogP contribution in [0.2, 0.25) is 0 Å². The molecule has 5 rings (SSSR count). The minimum atomic E-state index is -0.463. The number of carbonyl (C=O) groups excluding carboxylic acids is 2. The van der Waals surface area contributed by atoms with Gasteiger partial charge in [0.1, 0.15) is 5.78 Å². The summed E-state index contributed by atoms with van der Waals surface area (Å²) in [7, 11) is 0. The minimum Gasteiger partial charge on any atom is -0.465 e. The largest absolute Gasteiger partial charge is 0.465 e. The fraction of sp³-hybridized carbons (Fsp3) is 0.303. The van der Waals surface area contributed by atoms with Gasteiger partial charge in [-0.3, -0.25) is 9.59 Å². The predicted molar refractivity (Wildman–Crippen MR) is 148 cm³/mol. The van der Waals surface area contributed by atoms with Crippen molar-refractivity contribution in [3.05, 3.63) is 101 Å². The lowest BCUT2D eigenvalue weighted by atomic mass is 9.92. The molecule has 1 aliphatic carbocycles. The number of ketones is 1. The van der Waals surface area contributed by atoms with Crippen molar-refractivity contribution in [1.82, 2.24) is 5.16 Å². The number of ether oxygens (including phenoxy) is 1. The second-order valence-electron chi connectivity index (χ2n) is 10.3. The van der Waals surface area contributed by atoms with Crippen molar-refractivity contribution in [2.75, 3.05) is 6.61 Å². The van der Waals surface area contributed by atoms with E-state index in [0.29, 0.717) is 25.2 Å². The van der Waals surface area contributed by atoms with Crippen LogP contribution in [0.3, 0.4) is 0 Å². The standard InChI is InChI=1S/C33H33NO4/c1-4-37-32(36)33(18-19-33)28-16-14-26(15-17-28)25-10-12-27(13-11-25)31-30(23(3)34-38-31)21-29(35)20-22(2)24-8-6-5-7-9-24/h5-17,22H,4,18-21H2,1-3H3. The van der Waals surface area contributed by atoms with E-state index in [1.807, 2.05) is 68.4 Å². The fourth-order valence-corrected chi connectivity index (χ4v) is 5.13. The third-order valence-electron chi connectivity index (χ3n) is 7.60. The zero-order chi connectivity index (χ0) is 26.7. The van der Waals surface area contributed by atoms with Gasteiger partial charge in [-0.05, 0) is 54.9 Å². The Bertz CT molecular complexity index is 1410. The Labute approximate surface area is 223 Å². The number of esters is 1. The molecule has 5 nitrogen and oxygen atoms in total. The van der Waals surface area contributed by atoms with E-state index >= 15 is 0 Å². The maximum absolute atomic E-state index is 13.0. The molecule has 1 heterocycles. The van der Waals surface area contributed by atoms with Crippen molar-refractivity contribution in [2.45, 2.75) is 57.8 Å². The van der Waals surface area contributed by atoms with E-state index in [4.69, 9.17) is 9.26 Å². The molecule has 1 fully saturated rings. The Morgan fingerprint density at radius 2 is 1.53 bits per heavy atom. The van der Waals surface area contributed by atoms with Gasteiger partial charge >= 0.3 is 5.97 Å². The number of Topliss-reactive ketones (excluding diaryl/α,β-unsaturated/α-hetero) is 1. The van der Waals surface area contributed by atoms with Crippen LogP contribution in [0.15, 0.2) is 83.4 Å². The molecule has 3 aromatic carbocycles. The van der Waals surface area contributed by atoms with E-state index in [2.05, 4.69) is 36.3 Å². The first-order chi connectivity index (χ1) is 18.4. The minimum absolute atomic E-state index is 0.122. The van der Waals surface area contributed by atoms with Gasteiger partial charge in [0.25, 0.3) is 0 Å². The van der Waals surface area contributed by atoms with Gasteiger partial charge in [0.05, 0.1) is 17.7 Å². The highest BCUT2D eigenvalue weighted by Crippen LogP contribution is 2.49. The molecule has 0 aliphatic heterocycles. The maximum Gasteiger partial charge on any atom is 0.316 e. The zero-order valence-corrected chi connectivity index (χ0v) is 22.2. The first-order valence-electron chi connectivity index (χ1n) is 13.3. The summed E-state index contributed by atoms with van der Waals surface area (Å²) in [5.74, 6) is 0.852. The van der Waals surface area contributed by atoms with Gasteiger partial charge < -0.3 is 9.26 Å². The molecule has 0 N–H and O–H groups in total. The van der Waals surface area contributed by atoms with Crippen LogP contribution in [-0.2, 0) is 26.2 Å². The third kappa shape index (κ3) is 5.19. The van der Waals surface area contributed by atoms with Crippen molar-refractivity contribution in [2.24, 2.45) is 0 Å². The van der Waals surface area contributed by atoms with Gasteiger partial charge in [-0.2, -0.15) is 0 Å². The quantitative estimate of drug-likeness (QED) is 0.212. The monoisotopic (exact) mass is 507 g/mol. The third-order valence-corrected chi connectivity index (χ3v) is 7.60. The van der Waals surface area contributed by atoms with E-state index in [0.717, 1.165) is 46.4 Å². The summed E-state index contributed by atoms with van der Waals surface area (Å²) >= 11 is 0. The van der Waals surface area contributed by atoms with Crippen LogP contribution in [0, 0.1) is 6.92 Å². The van der Waals surface area contributed by atoms with Crippen LogP contribution >= 0.6 is 0 Å². The lowest BCUT2D eigenvalue weighted by Gasteiger charge is -2.14. The summed E-state index contributed by atoms with van der Waals surface area (Å²) in [5.41, 5.74) is 6.34. The molecule has 0 saturated heterocycles. The van der Waals surface area contributed by atoms with E-state index in [1.165, 1.54) is 5.56 Å². The molecule has 4 aromatic rings. The number of hydrogen-bond donors (Lipinski definition) is 0. The van der Waals surface area contributed by atoms with E-state index in [1.54, 1.807) is 0 Å². The Kier molecular flexibility index (Phi) is 7.28. The van der Waals surface area contributed by atoms with Gasteiger partial charge in [0.15, 0.2) is 5.76 Å². The van der Waals surface area contributed by atoms with Crippen LogP contribution in [0.4, 0.5) is 0 Å². The van der Waals surface area contributed by atoms with Gasteiger partial charge in [0.2, 0.25) is 0 Å². The predicted octanol–water partition coefficient (Wildman–Crippen LogP) is 7.22. The highest BCUT2D eigenvalue weighted by Gasteiger charge is 2.52. The van der Waals surface area contributed by atoms with E-state index < -0.39 is 5.41 Å². The molecule has 0 bridgehead atoms. The number of nitrogens with zero attached hydrogens (tertiary/aromatic N) is 1. The zero-order valence-electron chi connectivity index (χ0n) is 22.2. The second kappa shape index (κ2) is 10.8. The highest BCUT2D eigenvalue weighted by molar-refractivity contribution is 5.87. The summed E-state index contributed by atoms with van der Waals surface area (Å²) in [4.78, 5) is 25.4. The summed E-state index contributed by atoms with van der Waals surface area (Å²) in [6.45, 7) is 6.21. The summed E-state index contributed by atoms with van der Waals surface area (Å²) in [5, 5.41) is 4.16. The molecule has 1 unspecified atom stereocenters. The molecule has 1 saturated carbocycles. The molecular formula is C33H33NO4. The van der Waals surface area contributed by atoms with Crippen LogP contribution < -0.4 is 0 Å².